The summed E-state index contributed by atoms with van der Waals surface area (Å²) in [7, 11) is 0. The molecule has 1 aliphatic rings. The predicted octanol–water partition coefficient (Wildman–Crippen LogP) is 1.10. The standard InChI is InChI=1S/C18H22N4O2/c1-13-9-15(10-19)11-21(13)18(24)16-7-8-17(23)22(20-16)12-14-5-3-2-4-6-14/h2-8,13,15H,9-12,19H2,1H3. The van der Waals surface area contributed by atoms with Gasteiger partial charge in [-0.05, 0) is 37.4 Å². The molecule has 1 amide bonds. The van der Waals surface area contributed by atoms with E-state index in [9.17, 15) is 9.59 Å². The van der Waals surface area contributed by atoms with Gasteiger partial charge < -0.3 is 10.6 Å². The van der Waals surface area contributed by atoms with E-state index in [1.807, 2.05) is 37.3 Å². The Bertz CT molecular complexity index is 772. The van der Waals surface area contributed by atoms with E-state index in [0.717, 1.165) is 12.0 Å². The van der Waals surface area contributed by atoms with Gasteiger partial charge in [-0.3, -0.25) is 9.59 Å². The van der Waals surface area contributed by atoms with Crippen LogP contribution in [0.5, 0.6) is 0 Å². The Labute approximate surface area is 140 Å². The number of benzene rings is 1. The molecule has 1 aromatic heterocycles. The van der Waals surface area contributed by atoms with Crippen LogP contribution in [0, 0.1) is 5.92 Å². The highest BCUT2D eigenvalue weighted by molar-refractivity contribution is 5.92. The molecular formula is C18H22N4O2. The van der Waals surface area contributed by atoms with Gasteiger partial charge in [0.15, 0.2) is 0 Å². The van der Waals surface area contributed by atoms with Gasteiger partial charge in [0.2, 0.25) is 0 Å². The second-order valence-electron chi connectivity index (χ2n) is 6.34. The number of carbonyl (C=O) groups is 1. The van der Waals surface area contributed by atoms with Crippen molar-refractivity contribution in [1.29, 1.82) is 0 Å². The van der Waals surface area contributed by atoms with Crippen molar-refractivity contribution >= 4 is 5.91 Å². The van der Waals surface area contributed by atoms with E-state index in [1.165, 1.54) is 16.8 Å². The van der Waals surface area contributed by atoms with Crippen LogP contribution in [-0.2, 0) is 6.54 Å². The van der Waals surface area contributed by atoms with Crippen LogP contribution in [-0.4, -0.2) is 39.7 Å². The van der Waals surface area contributed by atoms with Crippen LogP contribution in [0.4, 0.5) is 0 Å². The first kappa shape index (κ1) is 16.4. The van der Waals surface area contributed by atoms with Crippen LogP contribution in [0.1, 0.15) is 29.4 Å². The predicted molar refractivity (Wildman–Crippen MR) is 91.7 cm³/mol. The minimum Gasteiger partial charge on any atom is -0.334 e. The summed E-state index contributed by atoms with van der Waals surface area (Å²) < 4.78 is 1.34. The highest BCUT2D eigenvalue weighted by Gasteiger charge is 2.32. The van der Waals surface area contributed by atoms with Gasteiger partial charge in [-0.15, -0.1) is 0 Å². The maximum absolute atomic E-state index is 12.7. The Balaban J connectivity index is 1.83. The van der Waals surface area contributed by atoms with Gasteiger partial charge in [-0.25, -0.2) is 4.68 Å². The van der Waals surface area contributed by atoms with Crippen molar-refractivity contribution in [3.63, 3.8) is 0 Å². The number of hydrogen-bond donors (Lipinski definition) is 1. The van der Waals surface area contributed by atoms with Crippen molar-refractivity contribution in [2.75, 3.05) is 13.1 Å². The molecule has 2 heterocycles. The van der Waals surface area contributed by atoms with Gasteiger partial charge >= 0.3 is 0 Å². The number of aromatic nitrogens is 2. The first-order chi connectivity index (χ1) is 11.6. The summed E-state index contributed by atoms with van der Waals surface area (Å²) in [6.07, 6.45) is 0.909. The third-order valence-corrected chi connectivity index (χ3v) is 4.52. The molecule has 6 nitrogen and oxygen atoms in total. The van der Waals surface area contributed by atoms with Crippen molar-refractivity contribution in [2.45, 2.75) is 25.9 Å². The van der Waals surface area contributed by atoms with Gasteiger partial charge in [0, 0.05) is 18.7 Å². The smallest absolute Gasteiger partial charge is 0.274 e. The fraction of sp³-hybridized carbons (Fsp3) is 0.389. The molecule has 2 unspecified atom stereocenters. The zero-order valence-electron chi connectivity index (χ0n) is 13.8. The van der Waals surface area contributed by atoms with Crippen LogP contribution in [0.25, 0.3) is 0 Å². The van der Waals surface area contributed by atoms with E-state index in [0.29, 0.717) is 31.2 Å². The Morgan fingerprint density at radius 1 is 1.25 bits per heavy atom. The molecule has 6 heteroatoms. The molecule has 1 fully saturated rings. The molecule has 1 saturated heterocycles. The van der Waals surface area contributed by atoms with E-state index in [4.69, 9.17) is 5.73 Å². The average molecular weight is 326 g/mol. The van der Waals surface area contributed by atoms with Crippen LogP contribution in [0.15, 0.2) is 47.3 Å². The van der Waals surface area contributed by atoms with Gasteiger partial charge in [0.25, 0.3) is 11.5 Å². The average Bonchev–Trinajstić information content (AvgIpc) is 2.98. The third-order valence-electron chi connectivity index (χ3n) is 4.52. The fourth-order valence-electron chi connectivity index (χ4n) is 3.18. The van der Waals surface area contributed by atoms with Crippen molar-refractivity contribution in [3.05, 3.63) is 64.1 Å². The summed E-state index contributed by atoms with van der Waals surface area (Å²) in [4.78, 5) is 26.6. The van der Waals surface area contributed by atoms with E-state index in [1.54, 1.807) is 4.90 Å². The van der Waals surface area contributed by atoms with Crippen molar-refractivity contribution in [1.82, 2.24) is 14.7 Å². The number of likely N-dealkylation sites (tertiary alicyclic amines) is 1. The molecule has 2 N–H and O–H groups in total. The topological polar surface area (TPSA) is 81.2 Å². The maximum Gasteiger partial charge on any atom is 0.274 e. The zero-order valence-corrected chi connectivity index (χ0v) is 13.8. The molecular weight excluding hydrogens is 304 g/mol. The lowest BCUT2D eigenvalue weighted by Gasteiger charge is -2.21. The molecule has 2 aromatic rings. The second-order valence-corrected chi connectivity index (χ2v) is 6.34. The van der Waals surface area contributed by atoms with Crippen molar-refractivity contribution < 1.29 is 4.79 Å². The fourth-order valence-corrected chi connectivity index (χ4v) is 3.18. The van der Waals surface area contributed by atoms with Crippen LogP contribution >= 0.6 is 0 Å². The van der Waals surface area contributed by atoms with Gasteiger partial charge in [0.05, 0.1) is 6.54 Å². The summed E-state index contributed by atoms with van der Waals surface area (Å²) in [5.74, 6) is 0.194. The lowest BCUT2D eigenvalue weighted by atomic mass is 10.1. The van der Waals surface area contributed by atoms with E-state index in [2.05, 4.69) is 5.10 Å². The zero-order chi connectivity index (χ0) is 17.1. The lowest BCUT2D eigenvalue weighted by molar-refractivity contribution is 0.0734. The van der Waals surface area contributed by atoms with Crippen LogP contribution in [0.2, 0.25) is 0 Å². The summed E-state index contributed by atoms with van der Waals surface area (Å²) >= 11 is 0. The van der Waals surface area contributed by atoms with E-state index >= 15 is 0 Å². The summed E-state index contributed by atoms with van der Waals surface area (Å²) in [5, 5.41) is 4.28. The first-order valence-corrected chi connectivity index (χ1v) is 8.21. The highest BCUT2D eigenvalue weighted by Crippen LogP contribution is 2.23. The SMILES string of the molecule is CC1CC(CN)CN1C(=O)c1ccc(=O)n(Cc2ccccc2)n1. The van der Waals surface area contributed by atoms with Crippen LogP contribution in [0.3, 0.4) is 0 Å². The van der Waals surface area contributed by atoms with Crippen molar-refractivity contribution in [2.24, 2.45) is 11.7 Å². The second kappa shape index (κ2) is 6.97. The minimum absolute atomic E-state index is 0.139. The number of amides is 1. The van der Waals surface area contributed by atoms with Gasteiger partial charge in [0.1, 0.15) is 5.69 Å². The minimum atomic E-state index is -0.218. The monoisotopic (exact) mass is 326 g/mol. The molecule has 0 aliphatic carbocycles. The largest absolute Gasteiger partial charge is 0.334 e. The molecule has 24 heavy (non-hydrogen) atoms. The van der Waals surface area contributed by atoms with E-state index in [-0.39, 0.29) is 17.5 Å². The Kier molecular flexibility index (Phi) is 4.76. The first-order valence-electron chi connectivity index (χ1n) is 8.21. The number of carbonyl (C=O) groups excluding carboxylic acids is 1. The quantitative estimate of drug-likeness (QED) is 0.912. The summed E-state index contributed by atoms with van der Waals surface area (Å²) in [6, 6.07) is 12.7. The maximum atomic E-state index is 12.7. The summed E-state index contributed by atoms with van der Waals surface area (Å²) in [6.45, 7) is 3.60. The molecule has 0 radical (unpaired) electrons. The van der Waals surface area contributed by atoms with Crippen molar-refractivity contribution in [3.8, 4) is 0 Å². The number of nitrogens with two attached hydrogens (primary N) is 1. The third kappa shape index (κ3) is 3.38. The Morgan fingerprint density at radius 2 is 2.00 bits per heavy atom. The molecule has 126 valence electrons. The molecule has 0 bridgehead atoms. The lowest BCUT2D eigenvalue weighted by Crippen LogP contribution is -2.36. The number of hydrogen-bond acceptors (Lipinski definition) is 4. The summed E-state index contributed by atoms with van der Waals surface area (Å²) in [5.41, 5.74) is 6.78. The molecule has 3 rings (SSSR count). The van der Waals surface area contributed by atoms with E-state index < -0.39 is 0 Å². The molecule has 0 spiro atoms. The Hall–Kier alpha value is -2.47. The molecule has 2 atom stereocenters. The number of nitrogens with zero attached hydrogens (tertiary/aromatic N) is 3. The molecule has 1 aromatic carbocycles. The number of rotatable bonds is 4. The van der Waals surface area contributed by atoms with Gasteiger partial charge in [-0.1, -0.05) is 30.3 Å². The highest BCUT2D eigenvalue weighted by atomic mass is 16.2. The van der Waals surface area contributed by atoms with Crippen LogP contribution < -0.4 is 11.3 Å². The van der Waals surface area contributed by atoms with Gasteiger partial charge in [-0.2, -0.15) is 5.10 Å². The normalized spacial score (nSPS) is 20.3. The molecule has 0 saturated carbocycles. The Morgan fingerprint density at radius 3 is 2.67 bits per heavy atom. The molecule has 1 aliphatic heterocycles.